The summed E-state index contributed by atoms with van der Waals surface area (Å²) >= 11 is 0. The van der Waals surface area contributed by atoms with E-state index in [0.29, 0.717) is 6.54 Å². The van der Waals surface area contributed by atoms with E-state index in [-0.39, 0.29) is 17.9 Å². The Morgan fingerprint density at radius 1 is 1.33 bits per heavy atom. The molecule has 0 aliphatic heterocycles. The van der Waals surface area contributed by atoms with Crippen LogP contribution in [0.4, 0.5) is 0 Å². The highest BCUT2D eigenvalue weighted by Gasteiger charge is 2.24. The molecule has 0 atom stereocenters. The van der Waals surface area contributed by atoms with E-state index < -0.39 is 0 Å². The third-order valence-electron chi connectivity index (χ3n) is 2.93. The fraction of sp³-hybridized carbons (Fsp3) is 0.909. The standard InChI is InChI=1S/C11H22N2O2/c1-13(2)8-7-12-11(15)9-3-5-10(14)6-4-9/h9-10,14H,3-8H2,1-2H3,(H,12,15). The van der Waals surface area contributed by atoms with Gasteiger partial charge < -0.3 is 15.3 Å². The van der Waals surface area contributed by atoms with Crippen LogP contribution in [0, 0.1) is 5.92 Å². The van der Waals surface area contributed by atoms with Gasteiger partial charge in [-0.05, 0) is 39.8 Å². The Labute approximate surface area is 91.6 Å². The zero-order valence-corrected chi connectivity index (χ0v) is 9.70. The van der Waals surface area contributed by atoms with Crippen molar-refractivity contribution in [1.29, 1.82) is 0 Å². The van der Waals surface area contributed by atoms with Crippen LogP contribution in [0.2, 0.25) is 0 Å². The molecule has 15 heavy (non-hydrogen) atoms. The van der Waals surface area contributed by atoms with Gasteiger partial charge in [-0.2, -0.15) is 0 Å². The number of carbonyl (C=O) groups excluding carboxylic acids is 1. The number of amides is 1. The highest BCUT2D eigenvalue weighted by Crippen LogP contribution is 2.23. The Balaban J connectivity index is 2.17. The summed E-state index contributed by atoms with van der Waals surface area (Å²) in [6, 6.07) is 0. The van der Waals surface area contributed by atoms with E-state index in [9.17, 15) is 9.90 Å². The summed E-state index contributed by atoms with van der Waals surface area (Å²) in [7, 11) is 3.98. The summed E-state index contributed by atoms with van der Waals surface area (Å²) in [6.07, 6.45) is 3.01. The van der Waals surface area contributed by atoms with Crippen molar-refractivity contribution in [3.63, 3.8) is 0 Å². The third kappa shape index (κ3) is 4.62. The molecule has 1 rings (SSSR count). The molecule has 1 aliphatic rings. The minimum Gasteiger partial charge on any atom is -0.393 e. The van der Waals surface area contributed by atoms with Crippen molar-refractivity contribution in [3.8, 4) is 0 Å². The molecule has 1 amide bonds. The Morgan fingerprint density at radius 2 is 1.93 bits per heavy atom. The molecule has 0 unspecified atom stereocenters. The Hall–Kier alpha value is -0.610. The molecule has 88 valence electrons. The first-order valence-corrected chi connectivity index (χ1v) is 5.70. The molecule has 0 aromatic carbocycles. The van der Waals surface area contributed by atoms with Crippen molar-refractivity contribution < 1.29 is 9.90 Å². The van der Waals surface area contributed by atoms with Crippen LogP contribution < -0.4 is 5.32 Å². The van der Waals surface area contributed by atoms with E-state index in [4.69, 9.17) is 0 Å². The van der Waals surface area contributed by atoms with Crippen molar-refractivity contribution in [2.24, 2.45) is 5.92 Å². The molecule has 0 aromatic rings. The van der Waals surface area contributed by atoms with Gasteiger partial charge >= 0.3 is 0 Å². The molecule has 0 heterocycles. The van der Waals surface area contributed by atoms with E-state index in [1.165, 1.54) is 0 Å². The van der Waals surface area contributed by atoms with Gasteiger partial charge in [0.25, 0.3) is 0 Å². The predicted octanol–water partition coefficient (Wildman–Crippen LogP) is 0.215. The van der Waals surface area contributed by atoms with Crippen LogP contribution >= 0.6 is 0 Å². The van der Waals surface area contributed by atoms with E-state index >= 15 is 0 Å². The first-order valence-electron chi connectivity index (χ1n) is 5.70. The van der Waals surface area contributed by atoms with Crippen LogP contribution in [0.5, 0.6) is 0 Å². The number of aliphatic hydroxyl groups is 1. The Kier molecular flexibility index (Phi) is 5.05. The summed E-state index contributed by atoms with van der Waals surface area (Å²) < 4.78 is 0. The van der Waals surface area contributed by atoms with Crippen molar-refractivity contribution in [1.82, 2.24) is 10.2 Å². The SMILES string of the molecule is CN(C)CCNC(=O)C1CCC(O)CC1. The lowest BCUT2D eigenvalue weighted by Crippen LogP contribution is -2.37. The number of rotatable bonds is 4. The lowest BCUT2D eigenvalue weighted by Gasteiger charge is -2.24. The van der Waals surface area contributed by atoms with E-state index in [1.807, 2.05) is 19.0 Å². The molecule has 4 heteroatoms. The van der Waals surface area contributed by atoms with Gasteiger partial charge in [0, 0.05) is 19.0 Å². The van der Waals surface area contributed by atoms with Crippen molar-refractivity contribution in [2.75, 3.05) is 27.2 Å². The smallest absolute Gasteiger partial charge is 0.223 e. The second-order valence-electron chi connectivity index (χ2n) is 4.60. The highest BCUT2D eigenvalue weighted by molar-refractivity contribution is 5.78. The van der Waals surface area contributed by atoms with Crippen LogP contribution in [-0.2, 0) is 4.79 Å². The average molecular weight is 214 g/mol. The van der Waals surface area contributed by atoms with Gasteiger partial charge in [-0.1, -0.05) is 0 Å². The number of nitrogens with zero attached hydrogens (tertiary/aromatic N) is 1. The van der Waals surface area contributed by atoms with Gasteiger partial charge in [0.1, 0.15) is 0 Å². The predicted molar refractivity (Wildman–Crippen MR) is 59.5 cm³/mol. The summed E-state index contributed by atoms with van der Waals surface area (Å²) in [4.78, 5) is 13.7. The fourth-order valence-electron chi connectivity index (χ4n) is 1.89. The van der Waals surface area contributed by atoms with Crippen molar-refractivity contribution in [2.45, 2.75) is 31.8 Å². The van der Waals surface area contributed by atoms with Crippen LogP contribution in [0.25, 0.3) is 0 Å². The molecule has 1 aliphatic carbocycles. The van der Waals surface area contributed by atoms with Gasteiger partial charge in [0.2, 0.25) is 5.91 Å². The van der Waals surface area contributed by atoms with Crippen LogP contribution in [0.3, 0.4) is 0 Å². The monoisotopic (exact) mass is 214 g/mol. The summed E-state index contributed by atoms with van der Waals surface area (Å²) in [6.45, 7) is 1.59. The first kappa shape index (κ1) is 12.5. The van der Waals surface area contributed by atoms with Crippen molar-refractivity contribution >= 4 is 5.91 Å². The molecule has 1 saturated carbocycles. The van der Waals surface area contributed by atoms with Crippen LogP contribution in [0.1, 0.15) is 25.7 Å². The zero-order chi connectivity index (χ0) is 11.3. The highest BCUT2D eigenvalue weighted by atomic mass is 16.3. The summed E-state index contributed by atoms with van der Waals surface area (Å²) in [5.41, 5.74) is 0. The Bertz CT molecular complexity index is 199. The van der Waals surface area contributed by atoms with Gasteiger partial charge in [-0.15, -0.1) is 0 Å². The van der Waals surface area contributed by atoms with Gasteiger partial charge in [-0.25, -0.2) is 0 Å². The maximum absolute atomic E-state index is 11.7. The van der Waals surface area contributed by atoms with Gasteiger partial charge in [0.15, 0.2) is 0 Å². The number of aliphatic hydroxyl groups excluding tert-OH is 1. The number of carbonyl (C=O) groups is 1. The largest absolute Gasteiger partial charge is 0.393 e. The normalized spacial score (nSPS) is 26.7. The maximum Gasteiger partial charge on any atom is 0.223 e. The lowest BCUT2D eigenvalue weighted by molar-refractivity contribution is -0.126. The topological polar surface area (TPSA) is 52.6 Å². The molecule has 2 N–H and O–H groups in total. The second-order valence-corrected chi connectivity index (χ2v) is 4.60. The molecule has 1 fully saturated rings. The van der Waals surface area contributed by atoms with Crippen LogP contribution in [0.15, 0.2) is 0 Å². The fourth-order valence-corrected chi connectivity index (χ4v) is 1.89. The Morgan fingerprint density at radius 3 is 2.47 bits per heavy atom. The quantitative estimate of drug-likeness (QED) is 0.703. The molecule has 0 aromatic heterocycles. The zero-order valence-electron chi connectivity index (χ0n) is 9.70. The molecule has 0 saturated heterocycles. The second kappa shape index (κ2) is 6.08. The van der Waals surface area contributed by atoms with Gasteiger partial charge in [0.05, 0.1) is 6.10 Å². The minimum atomic E-state index is -0.184. The molecular formula is C11H22N2O2. The van der Waals surface area contributed by atoms with Crippen LogP contribution in [-0.4, -0.2) is 49.2 Å². The molecule has 0 spiro atoms. The molecule has 0 bridgehead atoms. The maximum atomic E-state index is 11.7. The lowest BCUT2D eigenvalue weighted by atomic mass is 9.87. The van der Waals surface area contributed by atoms with Gasteiger partial charge in [-0.3, -0.25) is 4.79 Å². The molecular weight excluding hydrogens is 192 g/mol. The molecule has 4 nitrogen and oxygen atoms in total. The number of nitrogens with one attached hydrogen (secondary N) is 1. The first-order chi connectivity index (χ1) is 7.09. The minimum absolute atomic E-state index is 0.121. The number of hydrogen-bond donors (Lipinski definition) is 2. The number of likely N-dealkylation sites (N-methyl/N-ethyl adjacent to an activating group) is 1. The average Bonchev–Trinajstić information content (AvgIpc) is 2.18. The van der Waals surface area contributed by atoms with E-state index in [1.54, 1.807) is 0 Å². The summed E-state index contributed by atoms with van der Waals surface area (Å²) in [5, 5.41) is 12.3. The van der Waals surface area contributed by atoms with E-state index in [0.717, 1.165) is 32.2 Å². The van der Waals surface area contributed by atoms with Crippen molar-refractivity contribution in [3.05, 3.63) is 0 Å². The van der Waals surface area contributed by atoms with E-state index in [2.05, 4.69) is 5.32 Å². The number of hydrogen-bond acceptors (Lipinski definition) is 3. The molecule has 0 radical (unpaired) electrons. The summed E-state index contributed by atoms with van der Waals surface area (Å²) in [5.74, 6) is 0.277. The third-order valence-corrected chi connectivity index (χ3v) is 2.93.